The molecule has 6 heteroatoms. The van der Waals surface area contributed by atoms with E-state index in [4.69, 9.17) is 0 Å². The Hall–Kier alpha value is -2.08. The van der Waals surface area contributed by atoms with Crippen LogP contribution in [0.2, 0.25) is 0 Å². The monoisotopic (exact) mass is 384 g/mol. The summed E-state index contributed by atoms with van der Waals surface area (Å²) in [6, 6.07) is 8.75. The summed E-state index contributed by atoms with van der Waals surface area (Å²) in [5, 5.41) is 6.74. The highest BCUT2D eigenvalue weighted by Gasteiger charge is 2.30. The summed E-state index contributed by atoms with van der Waals surface area (Å²) in [5.74, 6) is 1.15. The Morgan fingerprint density at radius 3 is 2.64 bits per heavy atom. The SMILES string of the molecule is CCN1CC(CNC2CCN(c3cccc(NC(=O)C4CC4)c3)CC2)CC1=O. The summed E-state index contributed by atoms with van der Waals surface area (Å²) < 4.78 is 0. The zero-order valence-electron chi connectivity index (χ0n) is 16.8. The summed E-state index contributed by atoms with van der Waals surface area (Å²) in [4.78, 5) is 28.2. The lowest BCUT2D eigenvalue weighted by molar-refractivity contribution is -0.127. The second kappa shape index (κ2) is 8.52. The van der Waals surface area contributed by atoms with Gasteiger partial charge in [0.2, 0.25) is 11.8 Å². The molecule has 1 aromatic carbocycles. The van der Waals surface area contributed by atoms with Gasteiger partial charge in [-0.15, -0.1) is 0 Å². The fraction of sp³-hybridized carbons (Fsp3) is 0.636. The summed E-state index contributed by atoms with van der Waals surface area (Å²) in [6.45, 7) is 6.75. The third-order valence-corrected chi connectivity index (χ3v) is 6.29. The van der Waals surface area contributed by atoms with Gasteiger partial charge < -0.3 is 20.4 Å². The minimum absolute atomic E-state index is 0.159. The molecule has 2 amide bonds. The molecule has 6 nitrogen and oxygen atoms in total. The number of hydrogen-bond acceptors (Lipinski definition) is 4. The Labute approximate surface area is 167 Å². The average molecular weight is 385 g/mol. The van der Waals surface area contributed by atoms with Gasteiger partial charge in [0.25, 0.3) is 0 Å². The maximum atomic E-state index is 12.0. The van der Waals surface area contributed by atoms with Crippen LogP contribution in [-0.4, -0.2) is 55.5 Å². The molecule has 0 bridgehead atoms. The summed E-state index contributed by atoms with van der Waals surface area (Å²) in [5.41, 5.74) is 2.09. The molecule has 152 valence electrons. The summed E-state index contributed by atoms with van der Waals surface area (Å²) in [7, 11) is 0. The lowest BCUT2D eigenvalue weighted by Gasteiger charge is -2.34. The van der Waals surface area contributed by atoms with Crippen LogP contribution in [0.15, 0.2) is 24.3 Å². The van der Waals surface area contributed by atoms with Crippen LogP contribution >= 0.6 is 0 Å². The molecule has 1 saturated carbocycles. The number of likely N-dealkylation sites (tertiary alicyclic amines) is 1. The van der Waals surface area contributed by atoms with Crippen molar-refractivity contribution in [3.8, 4) is 0 Å². The first kappa shape index (κ1) is 19.2. The van der Waals surface area contributed by atoms with E-state index in [2.05, 4.69) is 34.6 Å². The number of benzene rings is 1. The van der Waals surface area contributed by atoms with Crippen LogP contribution in [0, 0.1) is 11.8 Å². The Balaban J connectivity index is 1.23. The predicted octanol–water partition coefficient (Wildman–Crippen LogP) is 2.46. The van der Waals surface area contributed by atoms with E-state index in [9.17, 15) is 9.59 Å². The average Bonchev–Trinajstić information content (AvgIpc) is 3.50. The first-order valence-corrected chi connectivity index (χ1v) is 10.8. The number of carbonyl (C=O) groups is 2. The van der Waals surface area contributed by atoms with Crippen molar-refractivity contribution < 1.29 is 9.59 Å². The molecule has 2 heterocycles. The van der Waals surface area contributed by atoms with Crippen molar-refractivity contribution in [2.45, 2.75) is 45.1 Å². The Bertz CT molecular complexity index is 710. The molecule has 1 aromatic rings. The quantitative estimate of drug-likeness (QED) is 0.758. The number of anilines is 2. The molecule has 3 aliphatic rings. The second-order valence-electron chi connectivity index (χ2n) is 8.49. The zero-order chi connectivity index (χ0) is 19.5. The van der Waals surface area contributed by atoms with Crippen LogP contribution in [0.4, 0.5) is 11.4 Å². The molecule has 28 heavy (non-hydrogen) atoms. The Morgan fingerprint density at radius 2 is 1.96 bits per heavy atom. The van der Waals surface area contributed by atoms with Gasteiger partial charge in [0.15, 0.2) is 0 Å². The molecule has 2 saturated heterocycles. The lowest BCUT2D eigenvalue weighted by Crippen LogP contribution is -2.44. The second-order valence-corrected chi connectivity index (χ2v) is 8.49. The van der Waals surface area contributed by atoms with Crippen molar-refractivity contribution in [1.82, 2.24) is 10.2 Å². The van der Waals surface area contributed by atoms with Gasteiger partial charge in [0.1, 0.15) is 0 Å². The molecule has 1 aliphatic carbocycles. The van der Waals surface area contributed by atoms with Gasteiger partial charge >= 0.3 is 0 Å². The molecule has 1 atom stereocenters. The molecule has 2 aliphatic heterocycles. The third kappa shape index (κ3) is 4.66. The van der Waals surface area contributed by atoms with Crippen LogP contribution in [0.25, 0.3) is 0 Å². The number of rotatable bonds is 7. The number of carbonyl (C=O) groups excluding carboxylic acids is 2. The van der Waals surface area contributed by atoms with E-state index in [0.29, 0.717) is 24.3 Å². The van der Waals surface area contributed by atoms with Gasteiger partial charge in [-0.1, -0.05) is 6.07 Å². The van der Waals surface area contributed by atoms with Gasteiger partial charge in [0, 0.05) is 62.5 Å². The van der Waals surface area contributed by atoms with Crippen LogP contribution in [-0.2, 0) is 9.59 Å². The van der Waals surface area contributed by atoms with E-state index >= 15 is 0 Å². The molecule has 2 N–H and O–H groups in total. The lowest BCUT2D eigenvalue weighted by atomic mass is 10.0. The molecule has 0 spiro atoms. The molecule has 1 unspecified atom stereocenters. The van der Waals surface area contributed by atoms with Crippen molar-refractivity contribution in [2.75, 3.05) is 42.9 Å². The van der Waals surface area contributed by atoms with Crippen molar-refractivity contribution in [3.05, 3.63) is 24.3 Å². The van der Waals surface area contributed by atoms with Gasteiger partial charge in [-0.05, 0) is 56.7 Å². The molecule has 0 aromatic heterocycles. The smallest absolute Gasteiger partial charge is 0.227 e. The zero-order valence-corrected chi connectivity index (χ0v) is 16.8. The molecule has 4 rings (SSSR count). The maximum absolute atomic E-state index is 12.0. The van der Waals surface area contributed by atoms with Crippen molar-refractivity contribution in [1.29, 1.82) is 0 Å². The minimum atomic E-state index is 0.159. The standard InChI is InChI=1S/C22H32N4O2/c1-2-25-15-16(12-21(25)27)14-23-18-8-10-26(11-9-18)20-5-3-4-19(13-20)24-22(28)17-6-7-17/h3-5,13,16-18,23H,2,6-12,14-15H2,1H3,(H,24,28). The van der Waals surface area contributed by atoms with E-state index in [0.717, 1.165) is 64.1 Å². The number of piperidine rings is 1. The molecular formula is C22H32N4O2. The fourth-order valence-electron chi connectivity index (χ4n) is 4.34. The Kier molecular flexibility index (Phi) is 5.85. The summed E-state index contributed by atoms with van der Waals surface area (Å²) >= 11 is 0. The van der Waals surface area contributed by atoms with E-state index in [1.54, 1.807) is 0 Å². The highest BCUT2D eigenvalue weighted by Crippen LogP contribution is 2.31. The number of hydrogen-bond donors (Lipinski definition) is 2. The minimum Gasteiger partial charge on any atom is -0.371 e. The Morgan fingerprint density at radius 1 is 1.18 bits per heavy atom. The van der Waals surface area contributed by atoms with Gasteiger partial charge in [0.05, 0.1) is 0 Å². The van der Waals surface area contributed by atoms with Gasteiger partial charge in [-0.25, -0.2) is 0 Å². The van der Waals surface area contributed by atoms with Crippen molar-refractivity contribution in [3.63, 3.8) is 0 Å². The number of nitrogens with one attached hydrogen (secondary N) is 2. The highest BCUT2D eigenvalue weighted by atomic mass is 16.2. The normalized spacial score (nSPS) is 23.3. The van der Waals surface area contributed by atoms with E-state index in [1.165, 1.54) is 5.69 Å². The van der Waals surface area contributed by atoms with Crippen LogP contribution in [0.3, 0.4) is 0 Å². The van der Waals surface area contributed by atoms with Crippen molar-refractivity contribution in [2.24, 2.45) is 11.8 Å². The number of nitrogens with zero attached hydrogens (tertiary/aromatic N) is 2. The largest absolute Gasteiger partial charge is 0.371 e. The third-order valence-electron chi connectivity index (χ3n) is 6.29. The molecule has 0 radical (unpaired) electrons. The molecule has 3 fully saturated rings. The van der Waals surface area contributed by atoms with Gasteiger partial charge in [-0.2, -0.15) is 0 Å². The maximum Gasteiger partial charge on any atom is 0.227 e. The van der Waals surface area contributed by atoms with E-state index < -0.39 is 0 Å². The van der Waals surface area contributed by atoms with Gasteiger partial charge in [-0.3, -0.25) is 9.59 Å². The predicted molar refractivity (Wildman–Crippen MR) is 111 cm³/mol. The highest BCUT2D eigenvalue weighted by molar-refractivity contribution is 5.94. The summed E-state index contributed by atoms with van der Waals surface area (Å²) in [6.07, 6.45) is 4.96. The number of amides is 2. The fourth-order valence-corrected chi connectivity index (χ4v) is 4.34. The van der Waals surface area contributed by atoms with E-state index in [-0.39, 0.29) is 11.8 Å². The molecular weight excluding hydrogens is 352 g/mol. The first-order valence-electron chi connectivity index (χ1n) is 10.8. The van der Waals surface area contributed by atoms with Crippen LogP contribution in [0.1, 0.15) is 39.0 Å². The van der Waals surface area contributed by atoms with Crippen molar-refractivity contribution >= 4 is 23.2 Å². The van der Waals surface area contributed by atoms with Crippen LogP contribution in [0.5, 0.6) is 0 Å². The van der Waals surface area contributed by atoms with Crippen LogP contribution < -0.4 is 15.5 Å². The van der Waals surface area contributed by atoms with E-state index in [1.807, 2.05) is 17.0 Å². The first-order chi connectivity index (χ1) is 13.6. The topological polar surface area (TPSA) is 64.7 Å².